The molecule has 2 unspecified atom stereocenters. The minimum atomic E-state index is -0.732. The summed E-state index contributed by atoms with van der Waals surface area (Å²) in [6.07, 6.45) is 15.8. The predicted molar refractivity (Wildman–Crippen MR) is 121 cm³/mol. The number of carbonyl (C=O) groups excluding carboxylic acids is 1. The van der Waals surface area contributed by atoms with E-state index in [0.29, 0.717) is 25.4 Å². The van der Waals surface area contributed by atoms with E-state index in [9.17, 15) is 4.79 Å². The smallest absolute Gasteiger partial charge is 0.337 e. The number of hydrogen-bond donors (Lipinski definition) is 1. The molecule has 1 aromatic carbocycles. The van der Waals surface area contributed by atoms with Crippen LogP contribution < -0.4 is 5.90 Å². The van der Waals surface area contributed by atoms with Crippen molar-refractivity contribution in [3.8, 4) is 0 Å². The molecule has 31 heavy (non-hydrogen) atoms. The summed E-state index contributed by atoms with van der Waals surface area (Å²) in [7, 11) is 0. The van der Waals surface area contributed by atoms with E-state index in [0.717, 1.165) is 6.42 Å². The van der Waals surface area contributed by atoms with Crippen molar-refractivity contribution in [2.45, 2.75) is 70.4 Å². The van der Waals surface area contributed by atoms with Crippen molar-refractivity contribution in [2.24, 2.45) is 11.8 Å². The monoisotopic (exact) mass is 425 g/mol. The Kier molecular flexibility index (Phi) is 9.31. The van der Waals surface area contributed by atoms with Crippen LogP contribution in [0, 0.1) is 5.92 Å². The summed E-state index contributed by atoms with van der Waals surface area (Å²) in [4.78, 5) is 21.3. The molecule has 0 aliphatic heterocycles. The molecule has 168 valence electrons. The molecule has 2 aromatic rings. The van der Waals surface area contributed by atoms with Gasteiger partial charge in [-0.3, -0.25) is 4.84 Å². The van der Waals surface area contributed by atoms with Crippen LogP contribution in [0.2, 0.25) is 0 Å². The Morgan fingerprint density at radius 1 is 1.26 bits per heavy atom. The van der Waals surface area contributed by atoms with Gasteiger partial charge in [-0.15, -0.1) is 0 Å². The van der Waals surface area contributed by atoms with Gasteiger partial charge in [-0.25, -0.2) is 15.7 Å². The summed E-state index contributed by atoms with van der Waals surface area (Å²) in [5.74, 6) is 5.52. The van der Waals surface area contributed by atoms with E-state index in [1.807, 2.05) is 12.5 Å². The van der Waals surface area contributed by atoms with Gasteiger partial charge in [0.05, 0.1) is 19.0 Å². The molecule has 0 radical (unpaired) electrons. The van der Waals surface area contributed by atoms with Crippen molar-refractivity contribution in [1.82, 2.24) is 9.55 Å². The van der Waals surface area contributed by atoms with Crippen molar-refractivity contribution in [3.05, 3.63) is 66.3 Å². The second kappa shape index (κ2) is 12.4. The van der Waals surface area contributed by atoms with E-state index < -0.39 is 12.1 Å². The topological polar surface area (TPSA) is 79.4 Å². The maximum atomic E-state index is 12.1. The first-order valence-corrected chi connectivity index (χ1v) is 11.5. The zero-order valence-electron chi connectivity index (χ0n) is 18.5. The molecule has 2 N–H and O–H groups in total. The molecule has 0 amide bonds. The molecule has 0 bridgehead atoms. The van der Waals surface area contributed by atoms with E-state index in [-0.39, 0.29) is 6.04 Å². The van der Waals surface area contributed by atoms with Crippen LogP contribution in [-0.2, 0) is 20.8 Å². The molecule has 1 aliphatic carbocycles. The number of nitrogens with two attached hydrogens (primary N) is 1. The third kappa shape index (κ3) is 6.77. The molecular formula is C25H35N3O3. The summed E-state index contributed by atoms with van der Waals surface area (Å²) in [6.45, 7) is 2.10. The molecule has 1 aliphatic rings. The van der Waals surface area contributed by atoms with E-state index in [4.69, 9.17) is 15.5 Å². The van der Waals surface area contributed by atoms with Crippen LogP contribution >= 0.6 is 0 Å². The zero-order valence-corrected chi connectivity index (χ0v) is 18.5. The van der Waals surface area contributed by atoms with Gasteiger partial charge in [-0.2, -0.15) is 0 Å². The first-order chi connectivity index (χ1) is 15.2. The van der Waals surface area contributed by atoms with E-state index >= 15 is 0 Å². The van der Waals surface area contributed by atoms with Gasteiger partial charge in [-0.1, -0.05) is 55.7 Å². The van der Waals surface area contributed by atoms with Crippen LogP contribution in [0.4, 0.5) is 0 Å². The Balaban J connectivity index is 1.84. The van der Waals surface area contributed by atoms with Crippen LogP contribution in [0.25, 0.3) is 0 Å². The molecule has 2 atom stereocenters. The SMILES string of the molecule is CCOC(=O)C(CCC=C(C1CCCCC1)C(Cc1ccccc1)n1ccnc1)ON. The van der Waals surface area contributed by atoms with Gasteiger partial charge in [0.1, 0.15) is 0 Å². The summed E-state index contributed by atoms with van der Waals surface area (Å²) < 4.78 is 7.30. The van der Waals surface area contributed by atoms with Crippen molar-refractivity contribution in [2.75, 3.05) is 6.61 Å². The zero-order chi connectivity index (χ0) is 21.9. The molecule has 1 heterocycles. The van der Waals surface area contributed by atoms with Crippen LogP contribution in [0.3, 0.4) is 0 Å². The lowest BCUT2D eigenvalue weighted by Gasteiger charge is -2.31. The lowest BCUT2D eigenvalue weighted by Crippen LogP contribution is -2.29. The minimum Gasteiger partial charge on any atom is -0.464 e. The lowest BCUT2D eigenvalue weighted by atomic mass is 9.79. The quantitative estimate of drug-likeness (QED) is 0.318. The van der Waals surface area contributed by atoms with Gasteiger partial charge in [-0.05, 0) is 56.1 Å². The average Bonchev–Trinajstić information content (AvgIpc) is 3.34. The number of allylic oxidation sites excluding steroid dienone is 2. The van der Waals surface area contributed by atoms with Crippen molar-refractivity contribution in [3.63, 3.8) is 0 Å². The number of benzene rings is 1. The normalized spacial score (nSPS) is 17.3. The fraction of sp³-hybridized carbons (Fsp3) is 0.520. The lowest BCUT2D eigenvalue weighted by molar-refractivity contribution is -0.157. The molecule has 0 spiro atoms. The maximum Gasteiger partial charge on any atom is 0.337 e. The highest BCUT2D eigenvalue weighted by Gasteiger charge is 2.26. The first kappa shape index (κ1) is 23.2. The number of carbonyl (C=O) groups is 1. The largest absolute Gasteiger partial charge is 0.464 e. The highest BCUT2D eigenvalue weighted by Crippen LogP contribution is 2.37. The standard InChI is InChI=1S/C25H35N3O3/c1-2-30-25(29)24(31-26)15-9-14-22(21-12-7-4-8-13-21)23(28-17-16-27-19-28)18-20-10-5-3-6-11-20/h3,5-6,10-11,14,16-17,19,21,23-24H,2,4,7-9,12-13,15,18,26H2,1H3. The highest BCUT2D eigenvalue weighted by molar-refractivity contribution is 5.74. The first-order valence-electron chi connectivity index (χ1n) is 11.5. The second-order valence-electron chi connectivity index (χ2n) is 8.21. The van der Waals surface area contributed by atoms with Crippen LogP contribution in [0.15, 0.2) is 60.7 Å². The number of rotatable bonds is 11. The number of hydrogen-bond acceptors (Lipinski definition) is 5. The molecule has 6 nitrogen and oxygen atoms in total. The number of aromatic nitrogens is 2. The molecule has 6 heteroatoms. The van der Waals surface area contributed by atoms with E-state index in [1.165, 1.54) is 43.2 Å². The van der Waals surface area contributed by atoms with Gasteiger partial charge in [0.15, 0.2) is 6.10 Å². The summed E-state index contributed by atoms with van der Waals surface area (Å²) in [5.41, 5.74) is 2.73. The molecule has 1 fully saturated rings. The fourth-order valence-corrected chi connectivity index (χ4v) is 4.58. The second-order valence-corrected chi connectivity index (χ2v) is 8.21. The number of ether oxygens (including phenoxy) is 1. The van der Waals surface area contributed by atoms with Gasteiger partial charge in [0.25, 0.3) is 0 Å². The Morgan fingerprint density at radius 3 is 2.68 bits per heavy atom. The summed E-state index contributed by atoms with van der Waals surface area (Å²) >= 11 is 0. The van der Waals surface area contributed by atoms with Gasteiger partial charge in [0.2, 0.25) is 0 Å². The van der Waals surface area contributed by atoms with E-state index in [2.05, 4.69) is 52.2 Å². The maximum absolute atomic E-state index is 12.1. The van der Waals surface area contributed by atoms with Gasteiger partial charge < -0.3 is 9.30 Å². The minimum absolute atomic E-state index is 0.202. The Bertz CT molecular complexity index is 799. The third-order valence-electron chi connectivity index (χ3n) is 6.14. The van der Waals surface area contributed by atoms with Crippen molar-refractivity contribution >= 4 is 5.97 Å². The van der Waals surface area contributed by atoms with Gasteiger partial charge >= 0.3 is 5.97 Å². The molecule has 0 saturated heterocycles. The van der Waals surface area contributed by atoms with Gasteiger partial charge in [0, 0.05) is 12.4 Å². The Labute approximate surface area is 185 Å². The van der Waals surface area contributed by atoms with Crippen molar-refractivity contribution in [1.29, 1.82) is 0 Å². The Hall–Kier alpha value is -2.44. The Morgan fingerprint density at radius 2 is 2.03 bits per heavy atom. The molecule has 1 aromatic heterocycles. The summed E-state index contributed by atoms with van der Waals surface area (Å²) in [6, 6.07) is 10.8. The predicted octanol–water partition coefficient (Wildman–Crippen LogP) is 4.78. The molecule has 3 rings (SSSR count). The fourth-order valence-electron chi connectivity index (χ4n) is 4.58. The van der Waals surface area contributed by atoms with Crippen LogP contribution in [-0.4, -0.2) is 28.2 Å². The highest BCUT2D eigenvalue weighted by atomic mass is 16.6. The van der Waals surface area contributed by atoms with E-state index in [1.54, 1.807) is 6.92 Å². The van der Waals surface area contributed by atoms with Crippen LogP contribution in [0.1, 0.15) is 63.5 Å². The number of imidazole rings is 1. The molecule has 1 saturated carbocycles. The third-order valence-corrected chi connectivity index (χ3v) is 6.14. The number of nitrogens with zero attached hydrogens (tertiary/aromatic N) is 2. The number of esters is 1. The summed E-state index contributed by atoms with van der Waals surface area (Å²) in [5, 5.41) is 0. The molecular weight excluding hydrogens is 390 g/mol. The van der Waals surface area contributed by atoms with Crippen molar-refractivity contribution < 1.29 is 14.4 Å². The average molecular weight is 426 g/mol. The van der Waals surface area contributed by atoms with Crippen LogP contribution in [0.5, 0.6) is 0 Å².